The molecule has 2 aromatic rings. The summed E-state index contributed by atoms with van der Waals surface area (Å²) in [5, 5.41) is 12.5. The minimum Gasteiger partial charge on any atom is -0.476 e. The van der Waals surface area contributed by atoms with E-state index in [1.165, 1.54) is 0 Å². The van der Waals surface area contributed by atoms with Crippen LogP contribution in [0.1, 0.15) is 28.5 Å². The van der Waals surface area contributed by atoms with Gasteiger partial charge in [-0.15, -0.1) is 0 Å². The number of alkyl halides is 3. The van der Waals surface area contributed by atoms with Crippen molar-refractivity contribution >= 4 is 17.9 Å². The van der Waals surface area contributed by atoms with Crippen LogP contribution in [0.25, 0.3) is 0 Å². The monoisotopic (exact) mass is 369 g/mol. The molecule has 0 spiro atoms. The Hall–Kier alpha value is -3.04. The van der Waals surface area contributed by atoms with E-state index >= 15 is 0 Å². The third-order valence-electron chi connectivity index (χ3n) is 3.94. The zero-order valence-corrected chi connectivity index (χ0v) is 13.3. The molecule has 2 heterocycles. The molecule has 0 bridgehead atoms. The lowest BCUT2D eigenvalue weighted by Gasteiger charge is -2.33. The number of ether oxygens (including phenoxy) is 1. The van der Waals surface area contributed by atoms with Gasteiger partial charge in [-0.25, -0.2) is 14.3 Å². The molecule has 26 heavy (non-hydrogen) atoms. The van der Waals surface area contributed by atoms with Crippen molar-refractivity contribution < 1.29 is 32.6 Å². The number of carbonyl (C=O) groups is 2. The molecule has 10 heteroatoms. The van der Waals surface area contributed by atoms with E-state index in [0.717, 1.165) is 11.0 Å². The van der Waals surface area contributed by atoms with Gasteiger partial charge in [-0.3, -0.25) is 4.90 Å². The maximum atomic E-state index is 13.2. The molecule has 1 atom stereocenters. The summed E-state index contributed by atoms with van der Waals surface area (Å²) >= 11 is 0. The van der Waals surface area contributed by atoms with E-state index in [0.29, 0.717) is 10.2 Å². The molecule has 0 radical (unpaired) electrons. The highest BCUT2D eigenvalue weighted by Gasteiger charge is 2.46. The molecular weight excluding hydrogens is 355 g/mol. The molecule has 1 aliphatic rings. The van der Waals surface area contributed by atoms with Crippen molar-refractivity contribution in [2.45, 2.75) is 25.2 Å². The average molecular weight is 369 g/mol. The predicted octanol–water partition coefficient (Wildman–Crippen LogP) is 3.23. The van der Waals surface area contributed by atoms with E-state index < -0.39 is 36.4 Å². The third-order valence-corrected chi connectivity index (χ3v) is 3.94. The van der Waals surface area contributed by atoms with Crippen molar-refractivity contribution in [2.24, 2.45) is 0 Å². The van der Waals surface area contributed by atoms with Crippen LogP contribution >= 0.6 is 0 Å². The van der Waals surface area contributed by atoms with E-state index in [1.807, 2.05) is 0 Å². The van der Waals surface area contributed by atoms with Crippen molar-refractivity contribution in [2.75, 3.05) is 11.4 Å². The molecule has 0 saturated heterocycles. The average Bonchev–Trinajstić information content (AvgIpc) is 3.04. The lowest BCUT2D eigenvalue weighted by molar-refractivity contribution is -0.172. The number of hydrogen-bond acceptors (Lipinski definition) is 4. The van der Waals surface area contributed by atoms with E-state index in [9.17, 15) is 22.8 Å². The number of halogens is 3. The topological polar surface area (TPSA) is 84.7 Å². The minimum atomic E-state index is -4.61. The van der Waals surface area contributed by atoms with Crippen molar-refractivity contribution in [1.29, 1.82) is 0 Å². The Kier molecular flexibility index (Phi) is 4.58. The number of rotatable bonds is 3. The second-order valence-electron chi connectivity index (χ2n) is 5.68. The summed E-state index contributed by atoms with van der Waals surface area (Å²) < 4.78 is 45.2. The number of carboxylic acids is 1. The summed E-state index contributed by atoms with van der Waals surface area (Å²) in [7, 11) is 0. The highest BCUT2D eigenvalue weighted by molar-refractivity contribution is 5.91. The SMILES string of the molecule is O=C(O)c1cc2n(n1)C(C(F)(F)F)CCN2C(=O)OCc1ccccc1. The number of carbonyl (C=O) groups excluding carboxylic acids is 1. The van der Waals surface area contributed by atoms with Gasteiger partial charge < -0.3 is 9.84 Å². The van der Waals surface area contributed by atoms with Crippen molar-refractivity contribution in [1.82, 2.24) is 9.78 Å². The fourth-order valence-corrected chi connectivity index (χ4v) is 2.69. The molecule has 1 aliphatic heterocycles. The van der Waals surface area contributed by atoms with Gasteiger partial charge in [-0.05, 0) is 12.0 Å². The van der Waals surface area contributed by atoms with Crippen LogP contribution in [0.3, 0.4) is 0 Å². The van der Waals surface area contributed by atoms with Crippen LogP contribution in [0.2, 0.25) is 0 Å². The molecule has 1 N–H and O–H groups in total. The lowest BCUT2D eigenvalue weighted by atomic mass is 10.1. The molecule has 0 saturated carbocycles. The predicted molar refractivity (Wildman–Crippen MR) is 82.9 cm³/mol. The van der Waals surface area contributed by atoms with E-state index in [4.69, 9.17) is 9.84 Å². The van der Waals surface area contributed by atoms with E-state index in [-0.39, 0.29) is 19.0 Å². The number of amides is 1. The quantitative estimate of drug-likeness (QED) is 0.898. The first kappa shape index (κ1) is 17.8. The van der Waals surface area contributed by atoms with Gasteiger partial charge in [0.15, 0.2) is 11.7 Å². The summed E-state index contributed by atoms with van der Waals surface area (Å²) in [4.78, 5) is 24.3. The summed E-state index contributed by atoms with van der Waals surface area (Å²) in [6.07, 6.45) is -5.93. The van der Waals surface area contributed by atoms with Gasteiger partial charge in [0, 0.05) is 12.6 Å². The molecule has 7 nitrogen and oxygen atoms in total. The molecule has 138 valence electrons. The van der Waals surface area contributed by atoms with Crippen LogP contribution in [0.15, 0.2) is 36.4 Å². The number of aromatic nitrogens is 2. The van der Waals surface area contributed by atoms with Crippen LogP contribution in [0, 0.1) is 0 Å². The first-order valence-corrected chi connectivity index (χ1v) is 7.65. The van der Waals surface area contributed by atoms with Crippen LogP contribution in [0.4, 0.5) is 23.8 Å². The first-order chi connectivity index (χ1) is 12.3. The Morgan fingerprint density at radius 3 is 2.58 bits per heavy atom. The largest absolute Gasteiger partial charge is 0.476 e. The maximum Gasteiger partial charge on any atom is 0.415 e. The third kappa shape index (κ3) is 3.48. The molecule has 1 aromatic heterocycles. The smallest absolute Gasteiger partial charge is 0.415 e. The molecule has 1 amide bonds. The fourth-order valence-electron chi connectivity index (χ4n) is 2.69. The number of fused-ring (bicyclic) bond motifs is 1. The second-order valence-corrected chi connectivity index (χ2v) is 5.68. The number of aromatic carboxylic acids is 1. The summed E-state index contributed by atoms with van der Waals surface area (Å²) in [6.45, 7) is -0.318. The second kappa shape index (κ2) is 6.70. The Bertz CT molecular complexity index is 820. The van der Waals surface area contributed by atoms with Gasteiger partial charge >= 0.3 is 18.2 Å². The molecule has 0 aliphatic carbocycles. The van der Waals surface area contributed by atoms with Crippen LogP contribution in [-0.2, 0) is 11.3 Å². The summed E-state index contributed by atoms with van der Waals surface area (Å²) in [6, 6.07) is 7.71. The summed E-state index contributed by atoms with van der Waals surface area (Å²) in [5.41, 5.74) is 0.141. The van der Waals surface area contributed by atoms with Gasteiger partial charge in [-0.2, -0.15) is 18.3 Å². The highest BCUT2D eigenvalue weighted by atomic mass is 19.4. The normalized spacial score (nSPS) is 16.9. The molecule has 0 fully saturated rings. The van der Waals surface area contributed by atoms with Gasteiger partial charge in [0.2, 0.25) is 0 Å². The minimum absolute atomic E-state index is 0.0567. The number of anilines is 1. The zero-order chi connectivity index (χ0) is 18.9. The van der Waals surface area contributed by atoms with Gasteiger partial charge in [0.25, 0.3) is 0 Å². The number of carboxylic acid groups (broad SMARTS) is 1. The standard InChI is InChI=1S/C16H14F3N3O4/c17-16(18,19)12-6-7-21(13-8-11(14(23)24)20-22(12)13)15(25)26-9-10-4-2-1-3-5-10/h1-5,8,12H,6-7,9H2,(H,23,24). The maximum absolute atomic E-state index is 13.2. The Balaban J connectivity index is 1.84. The van der Waals surface area contributed by atoms with Crippen LogP contribution in [-0.4, -0.2) is 39.7 Å². The zero-order valence-electron chi connectivity index (χ0n) is 13.3. The number of hydrogen-bond donors (Lipinski definition) is 1. The van der Waals surface area contributed by atoms with Gasteiger partial charge in [-0.1, -0.05) is 30.3 Å². The van der Waals surface area contributed by atoms with Crippen LogP contribution in [0.5, 0.6) is 0 Å². The Morgan fingerprint density at radius 2 is 1.96 bits per heavy atom. The van der Waals surface area contributed by atoms with E-state index in [1.54, 1.807) is 30.3 Å². The molecule has 1 aromatic carbocycles. The van der Waals surface area contributed by atoms with Crippen molar-refractivity contribution in [3.63, 3.8) is 0 Å². The molecule has 3 rings (SSSR count). The summed E-state index contributed by atoms with van der Waals surface area (Å²) in [5.74, 6) is -1.74. The molecule has 1 unspecified atom stereocenters. The Labute approximate surface area is 145 Å². The first-order valence-electron chi connectivity index (χ1n) is 7.65. The van der Waals surface area contributed by atoms with Gasteiger partial charge in [0.1, 0.15) is 12.4 Å². The number of nitrogens with zero attached hydrogens (tertiary/aromatic N) is 3. The highest BCUT2D eigenvalue weighted by Crippen LogP contribution is 2.39. The molecular formula is C16H14F3N3O4. The van der Waals surface area contributed by atoms with Crippen molar-refractivity contribution in [3.05, 3.63) is 47.7 Å². The number of benzene rings is 1. The van der Waals surface area contributed by atoms with Crippen molar-refractivity contribution in [3.8, 4) is 0 Å². The Morgan fingerprint density at radius 1 is 1.27 bits per heavy atom. The fraction of sp³-hybridized carbons (Fsp3) is 0.312. The van der Waals surface area contributed by atoms with Gasteiger partial charge in [0.05, 0.1) is 0 Å². The lowest BCUT2D eigenvalue weighted by Crippen LogP contribution is -2.43. The van der Waals surface area contributed by atoms with E-state index in [2.05, 4.69) is 5.10 Å². The van der Waals surface area contributed by atoms with Crippen LogP contribution < -0.4 is 4.90 Å².